The number of rotatable bonds is 11. The molecule has 0 rings (SSSR count). The first kappa shape index (κ1) is 19.3. The van der Waals surface area contributed by atoms with Crippen molar-refractivity contribution in [1.29, 1.82) is 0 Å². The van der Waals surface area contributed by atoms with Crippen LogP contribution in [0.4, 0.5) is 0 Å². The van der Waals surface area contributed by atoms with Gasteiger partial charge < -0.3 is 14.9 Å². The molecule has 0 spiro atoms. The fraction of sp³-hybridized carbons (Fsp3) is 0.917. The van der Waals surface area contributed by atoms with Crippen molar-refractivity contribution >= 4 is 16.1 Å². The highest BCUT2D eigenvalue weighted by atomic mass is 32.2. The molecule has 120 valence electrons. The number of carboxylic acids is 1. The number of nitrogens with one attached hydrogen (secondary N) is 1. The number of quaternary nitrogens is 1. The highest BCUT2D eigenvalue weighted by Gasteiger charge is 2.18. The number of likely N-dealkylation sites (N-methyl/N-ethyl adjacent to an activating group) is 1. The topological polar surface area (TPSA) is 104 Å². The number of hydrogen-bond acceptors (Lipinski definition) is 4. The van der Waals surface area contributed by atoms with Crippen molar-refractivity contribution in [2.24, 2.45) is 0 Å². The summed E-state index contributed by atoms with van der Waals surface area (Å²) in [7, 11) is 1.75. The minimum Gasteiger partial charge on any atom is -0.480 e. The second kappa shape index (κ2) is 8.56. The summed E-state index contributed by atoms with van der Waals surface area (Å²) >= 11 is 0. The molecule has 0 aliphatic rings. The lowest BCUT2D eigenvalue weighted by Gasteiger charge is -2.29. The lowest BCUT2D eigenvalue weighted by Crippen LogP contribution is -2.42. The van der Waals surface area contributed by atoms with Gasteiger partial charge in [-0.05, 0) is 26.3 Å². The summed E-state index contributed by atoms with van der Waals surface area (Å²) in [5, 5.41) is 11.6. The van der Waals surface area contributed by atoms with Gasteiger partial charge in [0.1, 0.15) is 6.04 Å². The minimum absolute atomic E-state index is 0.213. The van der Waals surface area contributed by atoms with Gasteiger partial charge in [-0.25, -0.2) is 0 Å². The van der Waals surface area contributed by atoms with Gasteiger partial charge in [0.15, 0.2) is 0 Å². The summed E-state index contributed by atoms with van der Waals surface area (Å²) in [5.74, 6) is -1.05. The van der Waals surface area contributed by atoms with E-state index in [1.165, 1.54) is 0 Å². The van der Waals surface area contributed by atoms with Crippen LogP contribution in [-0.4, -0.2) is 74.6 Å². The first-order valence-corrected chi connectivity index (χ1v) is 8.35. The van der Waals surface area contributed by atoms with Gasteiger partial charge in [-0.2, -0.15) is 8.42 Å². The predicted octanol–water partition coefficient (Wildman–Crippen LogP) is 0.184. The summed E-state index contributed by atoms with van der Waals surface area (Å²) in [5.41, 5.74) is 0. The van der Waals surface area contributed by atoms with Gasteiger partial charge in [-0.1, -0.05) is 0 Å². The molecule has 0 aromatic carbocycles. The molecule has 0 heterocycles. The number of aliphatic carboxylic acids is 1. The molecule has 0 aromatic rings. The van der Waals surface area contributed by atoms with Gasteiger partial charge in [-0.3, -0.25) is 9.35 Å². The van der Waals surface area contributed by atoms with Crippen LogP contribution in [0, 0.1) is 0 Å². The lowest BCUT2D eigenvalue weighted by atomic mass is 10.1. The molecule has 20 heavy (non-hydrogen) atoms. The molecule has 1 atom stereocenters. The van der Waals surface area contributed by atoms with E-state index in [1.807, 2.05) is 14.1 Å². The third-order valence-electron chi connectivity index (χ3n) is 3.32. The number of hydrogen-bond donors (Lipinski definition) is 3. The number of carboxylic acid groups (broad SMARTS) is 1. The van der Waals surface area contributed by atoms with Crippen LogP contribution in [0.25, 0.3) is 0 Å². The smallest absolute Gasteiger partial charge is 0.320 e. The Hall–Kier alpha value is -0.700. The van der Waals surface area contributed by atoms with Crippen molar-refractivity contribution in [3.8, 4) is 0 Å². The van der Waals surface area contributed by atoms with E-state index in [2.05, 4.69) is 5.32 Å². The third-order valence-corrected chi connectivity index (χ3v) is 4.12. The van der Waals surface area contributed by atoms with Gasteiger partial charge in [0.2, 0.25) is 0 Å². The molecular weight excluding hydrogens is 284 g/mol. The van der Waals surface area contributed by atoms with Gasteiger partial charge >= 0.3 is 5.97 Å². The molecular formula is C12H27N2O5S+. The van der Waals surface area contributed by atoms with Crippen LogP contribution < -0.4 is 5.32 Å². The predicted molar refractivity (Wildman–Crippen MR) is 77.2 cm³/mol. The van der Waals surface area contributed by atoms with E-state index in [0.717, 1.165) is 19.4 Å². The molecule has 0 fully saturated rings. The van der Waals surface area contributed by atoms with Gasteiger partial charge in [0.05, 0.1) is 32.9 Å². The maximum Gasteiger partial charge on any atom is 0.320 e. The van der Waals surface area contributed by atoms with Crippen molar-refractivity contribution in [3.05, 3.63) is 0 Å². The molecule has 0 amide bonds. The van der Waals surface area contributed by atoms with E-state index in [9.17, 15) is 13.2 Å². The Labute approximate surface area is 121 Å². The molecule has 0 saturated heterocycles. The van der Waals surface area contributed by atoms with Crippen LogP contribution in [0.15, 0.2) is 0 Å². The van der Waals surface area contributed by atoms with Gasteiger partial charge in [-0.15, -0.1) is 0 Å². The van der Waals surface area contributed by atoms with Crippen molar-refractivity contribution in [1.82, 2.24) is 5.32 Å². The summed E-state index contributed by atoms with van der Waals surface area (Å²) < 4.78 is 30.6. The molecule has 0 aromatic heterocycles. The molecule has 0 saturated carbocycles. The monoisotopic (exact) mass is 311 g/mol. The molecule has 0 aliphatic carbocycles. The maximum absolute atomic E-state index is 10.8. The molecule has 3 N–H and O–H groups in total. The van der Waals surface area contributed by atoms with E-state index >= 15 is 0 Å². The molecule has 0 bridgehead atoms. The number of nitrogens with zero attached hydrogens (tertiary/aromatic N) is 1. The average molecular weight is 311 g/mol. The third kappa shape index (κ3) is 10.1. The minimum atomic E-state index is -3.88. The van der Waals surface area contributed by atoms with Gasteiger partial charge in [0, 0.05) is 6.42 Å². The Morgan fingerprint density at radius 2 is 1.75 bits per heavy atom. The average Bonchev–Trinajstić information content (AvgIpc) is 2.26. The first-order valence-electron chi connectivity index (χ1n) is 6.74. The maximum atomic E-state index is 10.8. The van der Waals surface area contributed by atoms with E-state index in [-0.39, 0.29) is 5.75 Å². The zero-order valence-corrected chi connectivity index (χ0v) is 13.3. The molecule has 7 nitrogen and oxygen atoms in total. The Balaban J connectivity index is 3.90. The molecule has 0 aliphatic heterocycles. The second-order valence-corrected chi connectivity index (χ2v) is 7.27. The van der Waals surface area contributed by atoms with Crippen molar-refractivity contribution < 1.29 is 27.4 Å². The molecule has 0 radical (unpaired) electrons. The first-order chi connectivity index (χ1) is 9.07. The zero-order chi connectivity index (χ0) is 15.8. The highest BCUT2D eigenvalue weighted by Crippen LogP contribution is 2.07. The van der Waals surface area contributed by atoms with E-state index < -0.39 is 22.1 Å². The highest BCUT2D eigenvalue weighted by molar-refractivity contribution is 7.85. The fourth-order valence-electron chi connectivity index (χ4n) is 2.07. The Bertz CT molecular complexity index is 395. The number of unbranched alkanes of at least 4 members (excludes halogenated alkanes) is 1. The lowest BCUT2D eigenvalue weighted by molar-refractivity contribution is -0.890. The normalized spacial score (nSPS) is 14.2. The molecule has 0 unspecified atom stereocenters. The summed E-state index contributed by atoms with van der Waals surface area (Å²) in [4.78, 5) is 10.8. The second-order valence-electron chi connectivity index (χ2n) is 5.70. The van der Waals surface area contributed by atoms with E-state index in [4.69, 9.17) is 9.66 Å². The van der Waals surface area contributed by atoms with Crippen LogP contribution in [-0.2, 0) is 14.9 Å². The summed E-state index contributed by atoms with van der Waals surface area (Å²) in [6.45, 7) is 1.51. The quantitative estimate of drug-likeness (QED) is 0.286. The zero-order valence-electron chi connectivity index (χ0n) is 12.5. The Morgan fingerprint density at radius 1 is 1.20 bits per heavy atom. The van der Waals surface area contributed by atoms with E-state index in [0.29, 0.717) is 23.9 Å². The summed E-state index contributed by atoms with van der Waals surface area (Å²) in [6.07, 6.45) is 2.68. The standard InChI is InChI=1S/C12H26N2O5S/c1-13-11(12(15)16)7-4-5-8-14(2,3)9-6-10-20(17,18)19/h11,13H,4-10H2,1-3H3,(H-,15,16,17,18,19)/p+1/t11-/m0/s1. The fourth-order valence-corrected chi connectivity index (χ4v) is 2.56. The van der Waals surface area contributed by atoms with Crippen LogP contribution >= 0.6 is 0 Å². The van der Waals surface area contributed by atoms with Crippen molar-refractivity contribution in [2.45, 2.75) is 31.7 Å². The Kier molecular flexibility index (Phi) is 8.26. The van der Waals surface area contributed by atoms with Crippen LogP contribution in [0.3, 0.4) is 0 Å². The Morgan fingerprint density at radius 3 is 2.20 bits per heavy atom. The van der Waals surface area contributed by atoms with E-state index in [1.54, 1.807) is 7.05 Å². The van der Waals surface area contributed by atoms with Crippen LogP contribution in [0.1, 0.15) is 25.7 Å². The van der Waals surface area contributed by atoms with Crippen LogP contribution in [0.2, 0.25) is 0 Å². The van der Waals surface area contributed by atoms with Crippen LogP contribution in [0.5, 0.6) is 0 Å². The van der Waals surface area contributed by atoms with Crippen molar-refractivity contribution in [2.75, 3.05) is 40.0 Å². The van der Waals surface area contributed by atoms with Crippen molar-refractivity contribution in [3.63, 3.8) is 0 Å². The largest absolute Gasteiger partial charge is 0.480 e. The van der Waals surface area contributed by atoms with Gasteiger partial charge in [0.25, 0.3) is 10.1 Å². The SMILES string of the molecule is CN[C@@H](CCCC[N+](C)(C)CCCS(=O)(=O)O)C(=O)O. The number of carbonyl (C=O) groups is 1. The molecule has 8 heteroatoms. The summed E-state index contributed by atoms with van der Waals surface area (Å²) in [6, 6.07) is -0.509.